The second-order valence-corrected chi connectivity index (χ2v) is 5.28. The van der Waals surface area contributed by atoms with Gasteiger partial charge in [-0.3, -0.25) is 0 Å². The molecule has 106 valence electrons. The van der Waals surface area contributed by atoms with Crippen molar-refractivity contribution in [3.05, 3.63) is 66.4 Å². The fraction of sp³-hybridized carbons (Fsp3) is 0.111. The average molecular weight is 341 g/mol. The normalized spacial score (nSPS) is 11.0. The lowest BCUT2D eigenvalue weighted by molar-refractivity contribution is 0.988. The highest BCUT2D eigenvalue weighted by atomic mass is 79.9. The predicted octanol–water partition coefficient (Wildman–Crippen LogP) is 4.98. The van der Waals surface area contributed by atoms with Gasteiger partial charge < -0.3 is 8.97 Å². The Kier molecular flexibility index (Phi) is 3.38. The van der Waals surface area contributed by atoms with E-state index in [9.17, 15) is 0 Å². The van der Waals surface area contributed by atoms with E-state index in [0.717, 1.165) is 0 Å². The molecular weight excluding hydrogens is 324 g/mol. The third-order valence-corrected chi connectivity index (χ3v) is 4.13. The summed E-state index contributed by atoms with van der Waals surface area (Å²) in [5.41, 5.74) is 7.71. The third kappa shape index (κ3) is 1.92. The standard InChI is InChI=1S/C18H16N2.BrH/c1-13-15(14-8-4-3-5-9-14)12-20-17-11-7-6-10-16(17)19(2)18(13)20;/h3-12H,1-2H3;1H. The summed E-state index contributed by atoms with van der Waals surface area (Å²) in [6, 6.07) is 19.1. The van der Waals surface area contributed by atoms with Gasteiger partial charge in [-0.1, -0.05) is 42.5 Å². The van der Waals surface area contributed by atoms with Crippen LogP contribution in [0.15, 0.2) is 60.8 Å². The molecule has 0 saturated carbocycles. The van der Waals surface area contributed by atoms with Gasteiger partial charge in [-0.15, -0.1) is 17.0 Å². The van der Waals surface area contributed by atoms with Crippen molar-refractivity contribution in [3.63, 3.8) is 0 Å². The first kappa shape index (κ1) is 14.0. The number of aromatic nitrogens is 2. The van der Waals surface area contributed by atoms with Crippen LogP contribution in [0.2, 0.25) is 0 Å². The van der Waals surface area contributed by atoms with Gasteiger partial charge in [0.15, 0.2) is 0 Å². The molecule has 0 aliphatic heterocycles. The van der Waals surface area contributed by atoms with Crippen molar-refractivity contribution in [3.8, 4) is 11.1 Å². The summed E-state index contributed by atoms with van der Waals surface area (Å²) < 4.78 is 4.57. The number of para-hydroxylation sites is 2. The van der Waals surface area contributed by atoms with Gasteiger partial charge in [-0.25, -0.2) is 0 Å². The van der Waals surface area contributed by atoms with Crippen LogP contribution in [0.1, 0.15) is 5.56 Å². The number of halogens is 1. The quantitative estimate of drug-likeness (QED) is 0.462. The number of rotatable bonds is 1. The summed E-state index contributed by atoms with van der Waals surface area (Å²) in [4.78, 5) is 0. The number of imidazole rings is 1. The Bertz CT molecular complexity index is 917. The van der Waals surface area contributed by atoms with Crippen LogP contribution in [0.25, 0.3) is 27.8 Å². The lowest BCUT2D eigenvalue weighted by Gasteiger charge is -2.01. The molecule has 0 bridgehead atoms. The molecule has 0 saturated heterocycles. The topological polar surface area (TPSA) is 9.34 Å². The molecule has 0 aliphatic carbocycles. The van der Waals surface area contributed by atoms with Crippen molar-refractivity contribution in [2.75, 3.05) is 0 Å². The highest BCUT2D eigenvalue weighted by molar-refractivity contribution is 8.93. The fourth-order valence-corrected chi connectivity index (χ4v) is 3.16. The maximum atomic E-state index is 2.30. The minimum Gasteiger partial charge on any atom is -0.329 e. The van der Waals surface area contributed by atoms with Crippen LogP contribution in [0.4, 0.5) is 0 Å². The number of fused-ring (bicyclic) bond motifs is 3. The van der Waals surface area contributed by atoms with E-state index in [-0.39, 0.29) is 17.0 Å². The molecule has 4 rings (SSSR count). The summed E-state index contributed by atoms with van der Waals surface area (Å²) in [7, 11) is 2.14. The van der Waals surface area contributed by atoms with Gasteiger partial charge >= 0.3 is 0 Å². The Morgan fingerprint density at radius 3 is 2.14 bits per heavy atom. The van der Waals surface area contributed by atoms with Gasteiger partial charge in [0, 0.05) is 18.8 Å². The molecule has 2 aromatic carbocycles. The Morgan fingerprint density at radius 2 is 1.43 bits per heavy atom. The Morgan fingerprint density at radius 1 is 0.810 bits per heavy atom. The Labute approximate surface area is 134 Å². The summed E-state index contributed by atoms with van der Waals surface area (Å²) in [5, 5.41) is 0. The van der Waals surface area contributed by atoms with Crippen LogP contribution in [0.5, 0.6) is 0 Å². The largest absolute Gasteiger partial charge is 0.329 e. The number of aryl methyl sites for hydroxylation is 2. The first-order chi connectivity index (χ1) is 9.77. The van der Waals surface area contributed by atoms with Crippen molar-refractivity contribution >= 4 is 33.7 Å². The summed E-state index contributed by atoms with van der Waals surface area (Å²) in [6.45, 7) is 2.20. The number of nitrogens with zero attached hydrogens (tertiary/aromatic N) is 2. The van der Waals surface area contributed by atoms with Crippen LogP contribution in [-0.4, -0.2) is 8.97 Å². The molecule has 0 fully saturated rings. The van der Waals surface area contributed by atoms with Crippen molar-refractivity contribution in [1.29, 1.82) is 0 Å². The van der Waals surface area contributed by atoms with E-state index in [2.05, 4.69) is 83.7 Å². The van der Waals surface area contributed by atoms with E-state index in [0.29, 0.717) is 0 Å². The molecule has 0 radical (unpaired) electrons. The third-order valence-electron chi connectivity index (χ3n) is 4.13. The van der Waals surface area contributed by atoms with Crippen LogP contribution in [0.3, 0.4) is 0 Å². The molecule has 21 heavy (non-hydrogen) atoms. The molecule has 0 amide bonds. The molecule has 0 N–H and O–H groups in total. The molecule has 2 heterocycles. The van der Waals surface area contributed by atoms with Crippen LogP contribution in [-0.2, 0) is 7.05 Å². The molecule has 0 atom stereocenters. The van der Waals surface area contributed by atoms with Crippen LogP contribution in [0, 0.1) is 6.92 Å². The van der Waals surface area contributed by atoms with E-state index in [1.807, 2.05) is 0 Å². The predicted molar refractivity (Wildman–Crippen MR) is 94.4 cm³/mol. The minimum absolute atomic E-state index is 0. The maximum Gasteiger partial charge on any atom is 0.121 e. The number of hydrogen-bond acceptors (Lipinski definition) is 0. The lowest BCUT2D eigenvalue weighted by Crippen LogP contribution is -1.88. The molecule has 3 heteroatoms. The van der Waals surface area contributed by atoms with Crippen molar-refractivity contribution in [1.82, 2.24) is 8.97 Å². The summed E-state index contributed by atoms with van der Waals surface area (Å²) in [6.07, 6.45) is 2.25. The number of benzene rings is 2. The number of hydrogen-bond donors (Lipinski definition) is 0. The molecule has 2 aromatic heterocycles. The highest BCUT2D eigenvalue weighted by Gasteiger charge is 2.14. The first-order valence-corrected chi connectivity index (χ1v) is 6.88. The highest BCUT2D eigenvalue weighted by Crippen LogP contribution is 2.31. The van der Waals surface area contributed by atoms with E-state index < -0.39 is 0 Å². The summed E-state index contributed by atoms with van der Waals surface area (Å²) >= 11 is 0. The molecular formula is C18H17BrN2. The second kappa shape index (κ2) is 5.08. The van der Waals surface area contributed by atoms with Crippen molar-refractivity contribution in [2.45, 2.75) is 6.92 Å². The SMILES string of the molecule is Br.Cc1c(-c2ccccc2)cn2c3ccccc3n(C)c12. The minimum atomic E-state index is 0. The molecule has 4 aromatic rings. The van der Waals surface area contributed by atoms with Crippen LogP contribution < -0.4 is 0 Å². The zero-order valence-corrected chi connectivity index (χ0v) is 13.8. The van der Waals surface area contributed by atoms with Crippen molar-refractivity contribution in [2.24, 2.45) is 7.05 Å². The van der Waals surface area contributed by atoms with E-state index in [4.69, 9.17) is 0 Å². The van der Waals surface area contributed by atoms with Gasteiger partial charge in [0.25, 0.3) is 0 Å². The second-order valence-electron chi connectivity index (χ2n) is 5.28. The fourth-order valence-electron chi connectivity index (χ4n) is 3.16. The van der Waals surface area contributed by atoms with Gasteiger partial charge in [0.2, 0.25) is 0 Å². The van der Waals surface area contributed by atoms with E-state index in [1.165, 1.54) is 33.4 Å². The first-order valence-electron chi connectivity index (χ1n) is 6.88. The van der Waals surface area contributed by atoms with Gasteiger partial charge in [0.05, 0.1) is 11.0 Å². The van der Waals surface area contributed by atoms with Gasteiger partial charge in [-0.05, 0) is 30.2 Å². The maximum absolute atomic E-state index is 2.30. The van der Waals surface area contributed by atoms with E-state index in [1.54, 1.807) is 0 Å². The molecule has 0 aliphatic rings. The molecule has 2 nitrogen and oxygen atoms in total. The summed E-state index contributed by atoms with van der Waals surface area (Å²) in [5.74, 6) is 0. The average Bonchev–Trinajstić information content (AvgIpc) is 2.98. The zero-order chi connectivity index (χ0) is 13.7. The smallest absolute Gasteiger partial charge is 0.121 e. The Balaban J connectivity index is 0.00000132. The van der Waals surface area contributed by atoms with Gasteiger partial charge in [0.1, 0.15) is 5.65 Å². The Hall–Kier alpha value is -2.00. The van der Waals surface area contributed by atoms with Crippen LogP contribution >= 0.6 is 17.0 Å². The van der Waals surface area contributed by atoms with Gasteiger partial charge in [-0.2, -0.15) is 0 Å². The lowest BCUT2D eigenvalue weighted by atomic mass is 10.1. The zero-order valence-electron chi connectivity index (χ0n) is 12.1. The molecule has 0 unspecified atom stereocenters. The van der Waals surface area contributed by atoms with E-state index >= 15 is 0 Å². The van der Waals surface area contributed by atoms with Crippen molar-refractivity contribution < 1.29 is 0 Å². The monoisotopic (exact) mass is 340 g/mol. The molecule has 0 spiro atoms.